The van der Waals surface area contributed by atoms with Crippen LogP contribution in [0.4, 0.5) is 5.82 Å². The molecule has 2 heterocycles. The van der Waals surface area contributed by atoms with Crippen molar-refractivity contribution in [2.75, 3.05) is 25.0 Å². The SMILES string of the molecule is Cc1c(Cl)nnc(NCC2CCN(C3CC3)C2)c1C. The van der Waals surface area contributed by atoms with E-state index in [0.29, 0.717) is 5.15 Å². The molecule has 4 nitrogen and oxygen atoms in total. The molecule has 2 aliphatic rings. The van der Waals surface area contributed by atoms with Crippen molar-refractivity contribution >= 4 is 17.4 Å². The van der Waals surface area contributed by atoms with Gasteiger partial charge in [0.15, 0.2) is 11.0 Å². The third-order valence-electron chi connectivity index (χ3n) is 4.40. The summed E-state index contributed by atoms with van der Waals surface area (Å²) in [6.07, 6.45) is 4.10. The number of rotatable bonds is 4. The first-order valence-electron chi connectivity index (χ1n) is 7.12. The van der Waals surface area contributed by atoms with Crippen LogP contribution in [0.25, 0.3) is 0 Å². The fourth-order valence-corrected chi connectivity index (χ4v) is 2.97. The quantitative estimate of drug-likeness (QED) is 0.921. The number of anilines is 1. The minimum Gasteiger partial charge on any atom is -0.368 e. The Hall–Kier alpha value is -0.870. The van der Waals surface area contributed by atoms with Crippen LogP contribution in [0.2, 0.25) is 5.15 Å². The summed E-state index contributed by atoms with van der Waals surface area (Å²) in [4.78, 5) is 2.64. The van der Waals surface area contributed by atoms with Gasteiger partial charge in [-0.2, -0.15) is 0 Å². The molecule has 1 aromatic heterocycles. The normalized spacial score (nSPS) is 23.8. The minimum atomic E-state index is 0.504. The predicted octanol–water partition coefficient (Wildman–Crippen LogP) is 2.64. The van der Waals surface area contributed by atoms with E-state index in [4.69, 9.17) is 11.6 Å². The minimum absolute atomic E-state index is 0.504. The maximum atomic E-state index is 5.97. The topological polar surface area (TPSA) is 41.1 Å². The van der Waals surface area contributed by atoms with E-state index in [1.54, 1.807) is 0 Å². The van der Waals surface area contributed by atoms with Crippen molar-refractivity contribution in [3.05, 3.63) is 16.3 Å². The van der Waals surface area contributed by atoms with Crippen molar-refractivity contribution in [1.82, 2.24) is 15.1 Å². The van der Waals surface area contributed by atoms with E-state index in [2.05, 4.69) is 20.4 Å². The lowest BCUT2D eigenvalue weighted by atomic mass is 10.1. The van der Waals surface area contributed by atoms with Gasteiger partial charge < -0.3 is 10.2 Å². The molecule has 1 saturated carbocycles. The summed E-state index contributed by atoms with van der Waals surface area (Å²) in [5.74, 6) is 1.62. The van der Waals surface area contributed by atoms with Crippen LogP contribution in [0.3, 0.4) is 0 Å². The summed E-state index contributed by atoms with van der Waals surface area (Å²) in [6.45, 7) is 7.52. The van der Waals surface area contributed by atoms with Crippen molar-refractivity contribution in [2.24, 2.45) is 5.92 Å². The maximum Gasteiger partial charge on any atom is 0.155 e. The second kappa shape index (κ2) is 5.25. The van der Waals surface area contributed by atoms with E-state index in [1.807, 2.05) is 13.8 Å². The number of likely N-dealkylation sites (tertiary alicyclic amines) is 1. The van der Waals surface area contributed by atoms with Crippen LogP contribution in [0, 0.1) is 19.8 Å². The van der Waals surface area contributed by atoms with Crippen molar-refractivity contribution in [3.8, 4) is 0 Å². The first-order valence-corrected chi connectivity index (χ1v) is 7.50. The van der Waals surface area contributed by atoms with Gasteiger partial charge in [0, 0.05) is 19.1 Å². The summed E-state index contributed by atoms with van der Waals surface area (Å²) in [5, 5.41) is 12.1. The Morgan fingerprint density at radius 3 is 2.74 bits per heavy atom. The fraction of sp³-hybridized carbons (Fsp3) is 0.714. The number of nitrogens with one attached hydrogen (secondary N) is 1. The fourth-order valence-electron chi connectivity index (χ4n) is 2.79. The zero-order valence-corrected chi connectivity index (χ0v) is 12.4. The van der Waals surface area contributed by atoms with E-state index in [0.717, 1.165) is 35.4 Å². The van der Waals surface area contributed by atoms with Crippen LogP contribution in [0.1, 0.15) is 30.4 Å². The highest BCUT2D eigenvalue weighted by atomic mass is 35.5. The molecule has 1 atom stereocenters. The molecule has 0 spiro atoms. The average molecular weight is 281 g/mol. The zero-order chi connectivity index (χ0) is 13.4. The molecule has 1 saturated heterocycles. The Labute approximate surface area is 119 Å². The van der Waals surface area contributed by atoms with Crippen molar-refractivity contribution in [1.29, 1.82) is 0 Å². The molecule has 1 unspecified atom stereocenters. The van der Waals surface area contributed by atoms with Gasteiger partial charge in [0.1, 0.15) is 0 Å². The summed E-state index contributed by atoms with van der Waals surface area (Å²) >= 11 is 5.97. The van der Waals surface area contributed by atoms with Gasteiger partial charge in [-0.15, -0.1) is 10.2 Å². The van der Waals surface area contributed by atoms with Crippen molar-refractivity contribution in [2.45, 2.75) is 39.2 Å². The van der Waals surface area contributed by atoms with Gasteiger partial charge in [-0.1, -0.05) is 11.6 Å². The molecule has 3 rings (SSSR count). The Kier molecular flexibility index (Phi) is 3.63. The summed E-state index contributed by atoms with van der Waals surface area (Å²) < 4.78 is 0. The number of aromatic nitrogens is 2. The molecule has 1 aromatic rings. The molecular formula is C14H21ClN4. The largest absolute Gasteiger partial charge is 0.368 e. The van der Waals surface area contributed by atoms with Gasteiger partial charge in [0.2, 0.25) is 0 Å². The van der Waals surface area contributed by atoms with Crippen LogP contribution in [-0.2, 0) is 0 Å². The summed E-state index contributed by atoms with van der Waals surface area (Å²) in [6, 6.07) is 0.893. The zero-order valence-electron chi connectivity index (χ0n) is 11.6. The Morgan fingerprint density at radius 1 is 1.21 bits per heavy atom. The summed E-state index contributed by atoms with van der Waals surface area (Å²) in [5.41, 5.74) is 2.13. The lowest BCUT2D eigenvalue weighted by molar-refractivity contribution is 0.316. The summed E-state index contributed by atoms with van der Waals surface area (Å²) in [7, 11) is 0. The highest BCUT2D eigenvalue weighted by Crippen LogP contribution is 2.31. The lowest BCUT2D eigenvalue weighted by Crippen LogP contribution is -2.25. The Balaban J connectivity index is 1.56. The number of nitrogens with zero attached hydrogens (tertiary/aromatic N) is 3. The van der Waals surface area contributed by atoms with Gasteiger partial charge in [0.05, 0.1) is 0 Å². The van der Waals surface area contributed by atoms with E-state index >= 15 is 0 Å². The van der Waals surface area contributed by atoms with Crippen LogP contribution in [0.15, 0.2) is 0 Å². The smallest absolute Gasteiger partial charge is 0.155 e. The first-order chi connectivity index (χ1) is 9.15. The molecule has 5 heteroatoms. The van der Waals surface area contributed by atoms with E-state index in [-0.39, 0.29) is 0 Å². The maximum absolute atomic E-state index is 5.97. The Bertz CT molecular complexity index is 473. The van der Waals surface area contributed by atoms with Gasteiger partial charge >= 0.3 is 0 Å². The van der Waals surface area contributed by atoms with Crippen LogP contribution >= 0.6 is 11.6 Å². The Morgan fingerprint density at radius 2 is 2.00 bits per heavy atom. The molecule has 0 bridgehead atoms. The number of hydrogen-bond acceptors (Lipinski definition) is 4. The van der Waals surface area contributed by atoms with Crippen molar-refractivity contribution < 1.29 is 0 Å². The molecule has 1 aliphatic carbocycles. The van der Waals surface area contributed by atoms with Gasteiger partial charge in [-0.25, -0.2) is 0 Å². The second-order valence-electron chi connectivity index (χ2n) is 5.85. The van der Waals surface area contributed by atoms with E-state index < -0.39 is 0 Å². The third-order valence-corrected chi connectivity index (χ3v) is 4.76. The van der Waals surface area contributed by atoms with Gasteiger partial charge in [-0.05, 0) is 56.7 Å². The van der Waals surface area contributed by atoms with Crippen molar-refractivity contribution in [3.63, 3.8) is 0 Å². The van der Waals surface area contributed by atoms with Gasteiger partial charge in [-0.3, -0.25) is 0 Å². The monoisotopic (exact) mass is 280 g/mol. The molecule has 1 aliphatic heterocycles. The number of hydrogen-bond donors (Lipinski definition) is 1. The van der Waals surface area contributed by atoms with Gasteiger partial charge in [0.25, 0.3) is 0 Å². The van der Waals surface area contributed by atoms with E-state index in [9.17, 15) is 0 Å². The van der Waals surface area contributed by atoms with Crippen LogP contribution in [-0.4, -0.2) is 40.8 Å². The van der Waals surface area contributed by atoms with Crippen LogP contribution < -0.4 is 5.32 Å². The van der Waals surface area contributed by atoms with E-state index in [1.165, 1.54) is 32.4 Å². The standard InChI is InChI=1S/C14H21ClN4/c1-9-10(2)14(18-17-13(9)15)16-7-11-5-6-19(8-11)12-3-4-12/h11-12H,3-8H2,1-2H3,(H,16,18). The molecule has 1 N–H and O–H groups in total. The molecule has 19 heavy (non-hydrogen) atoms. The molecular weight excluding hydrogens is 260 g/mol. The molecule has 0 amide bonds. The highest BCUT2D eigenvalue weighted by Gasteiger charge is 2.34. The molecule has 104 valence electrons. The predicted molar refractivity (Wildman–Crippen MR) is 77.7 cm³/mol. The molecule has 0 aromatic carbocycles. The molecule has 2 fully saturated rings. The van der Waals surface area contributed by atoms with Crippen LogP contribution in [0.5, 0.6) is 0 Å². The lowest BCUT2D eigenvalue weighted by Gasteiger charge is -2.16. The second-order valence-corrected chi connectivity index (χ2v) is 6.21. The third kappa shape index (κ3) is 2.84. The number of halogens is 1. The average Bonchev–Trinajstić information content (AvgIpc) is 3.15. The molecule has 0 radical (unpaired) electrons. The highest BCUT2D eigenvalue weighted by molar-refractivity contribution is 6.30. The first kappa shape index (κ1) is 13.1.